The molecular weight excluding hydrogens is 1450 g/mol. The molecule has 12 aromatic carbocycles. The maximum absolute atomic E-state index is 7.18. The molecule has 3 aliphatic rings. The van der Waals surface area contributed by atoms with Gasteiger partial charge >= 0.3 is 21.1 Å². The van der Waals surface area contributed by atoms with Crippen LogP contribution in [0.15, 0.2) is 218 Å². The molecular formula is C76H36Cl8N4Pt. The van der Waals surface area contributed by atoms with Crippen molar-refractivity contribution in [3.8, 4) is 89.5 Å². The number of hydrogen-bond acceptors (Lipinski definition) is 2. The van der Waals surface area contributed by atoms with Crippen molar-refractivity contribution in [1.29, 1.82) is 0 Å². The first-order chi connectivity index (χ1) is 42.8. The second-order valence-electron chi connectivity index (χ2n) is 22.3. The molecule has 426 valence electrons. The number of hydrogen-bond donors (Lipinski definition) is 0. The number of fused-ring (bicyclic) bond motifs is 4. The predicted molar refractivity (Wildman–Crippen MR) is 375 cm³/mol. The molecule has 89 heavy (non-hydrogen) atoms. The second-order valence-corrected chi connectivity index (χ2v) is 25.8. The number of aromatic nitrogens is 4. The molecule has 0 atom stereocenters. The maximum Gasteiger partial charge on any atom is 2.00 e. The van der Waals surface area contributed by atoms with Crippen LogP contribution in [0.5, 0.6) is 0 Å². The van der Waals surface area contributed by atoms with Crippen LogP contribution in [-0.4, -0.2) is 9.97 Å². The van der Waals surface area contributed by atoms with Crippen LogP contribution in [-0.2, 0) is 21.1 Å². The summed E-state index contributed by atoms with van der Waals surface area (Å²) in [5, 5.41) is 14.8. The van der Waals surface area contributed by atoms with Gasteiger partial charge in [0.25, 0.3) is 0 Å². The van der Waals surface area contributed by atoms with E-state index in [-0.39, 0.29) is 21.1 Å². The average Bonchev–Trinajstić information content (AvgIpc) is 1.58. The molecule has 0 amide bonds. The Morgan fingerprint density at radius 3 is 0.596 bits per heavy atom. The molecule has 0 saturated carbocycles. The van der Waals surface area contributed by atoms with Gasteiger partial charge in [-0.1, -0.05) is 190 Å². The molecule has 14 aromatic rings. The molecule has 2 aromatic heterocycles. The third-order valence-electron chi connectivity index (χ3n) is 17.0. The molecule has 17 rings (SSSR count). The first-order valence-corrected chi connectivity index (χ1v) is 31.2. The molecule has 0 saturated heterocycles. The number of benzene rings is 12. The third-order valence-corrected chi connectivity index (χ3v) is 18.7. The maximum atomic E-state index is 7.18. The number of nitrogens with zero attached hydrogens (tertiary/aromatic N) is 4. The molecule has 0 fully saturated rings. The minimum Gasteiger partial charge on any atom is -0.656 e. The second kappa shape index (κ2) is 21.8. The van der Waals surface area contributed by atoms with Gasteiger partial charge in [-0.2, -0.15) is 0 Å². The third kappa shape index (κ3) is 9.45. The molecule has 0 N–H and O–H groups in total. The Labute approximate surface area is 563 Å². The monoisotopic (exact) mass is 1480 g/mol. The number of rotatable bonds is 4. The molecule has 4 heterocycles. The van der Waals surface area contributed by atoms with Gasteiger partial charge in [0.05, 0.1) is 22.8 Å². The molecule has 4 nitrogen and oxygen atoms in total. The smallest absolute Gasteiger partial charge is 0.656 e. The molecule has 0 spiro atoms. The summed E-state index contributed by atoms with van der Waals surface area (Å²) >= 11 is 57.5. The zero-order valence-electron chi connectivity index (χ0n) is 45.9. The summed E-state index contributed by atoms with van der Waals surface area (Å²) < 4.78 is 0. The van der Waals surface area contributed by atoms with Crippen molar-refractivity contribution in [3.63, 3.8) is 0 Å². The van der Waals surface area contributed by atoms with Crippen LogP contribution in [0.3, 0.4) is 0 Å². The van der Waals surface area contributed by atoms with Crippen LogP contribution in [0.2, 0.25) is 40.2 Å². The average molecular weight is 1480 g/mol. The van der Waals surface area contributed by atoms with Gasteiger partial charge in [-0.15, -0.1) is 22.1 Å². The van der Waals surface area contributed by atoms with Crippen molar-refractivity contribution in [1.82, 2.24) is 19.9 Å². The van der Waals surface area contributed by atoms with Crippen LogP contribution < -0.4 is 9.97 Å². The summed E-state index contributed by atoms with van der Waals surface area (Å²) in [5.41, 5.74) is 13.7. The van der Waals surface area contributed by atoms with E-state index in [1.54, 1.807) is 24.3 Å². The fourth-order valence-corrected chi connectivity index (χ4v) is 15.4. The molecule has 1 aliphatic carbocycles. The largest absolute Gasteiger partial charge is 2.00 e. The first kappa shape index (κ1) is 56.6. The standard InChI is InChI=1S/C76H36Cl8N4.Pt/c77-49-17-45(18-50(78)33-49)65-69-57-25-37-9-1-2-10-38(37)26-58(57)70(85-69)66(46-19-51(79)34-52(80)20-46)72-61-29-41-13-5-6-14-42(41)30-62(61)74(87-72)68(48-23-55(83)36-56(84)24-48)76-64-32-44-16-8-7-15-43(44)31-63(64)75(88-76)67(47-21-53(81)35-54(82)22-47)73-60-28-40-12-4-3-11-39(40)27-59(60)71(65)86-73;/h1-36H;/q-2;+2. The van der Waals surface area contributed by atoms with Gasteiger partial charge in [-0.25, -0.2) is 9.97 Å². The summed E-state index contributed by atoms with van der Waals surface area (Å²) in [6, 6.07) is 73.4. The van der Waals surface area contributed by atoms with Crippen LogP contribution in [0, 0.1) is 0 Å². The van der Waals surface area contributed by atoms with Crippen molar-refractivity contribution in [2.45, 2.75) is 0 Å². The molecule has 13 heteroatoms. The Morgan fingerprint density at radius 2 is 0.404 bits per heavy atom. The van der Waals surface area contributed by atoms with Gasteiger partial charge in [0.1, 0.15) is 0 Å². The van der Waals surface area contributed by atoms with Crippen LogP contribution in [0.1, 0.15) is 0 Å². The van der Waals surface area contributed by atoms with E-state index in [0.717, 1.165) is 86.9 Å². The fourth-order valence-electron chi connectivity index (χ4n) is 13.3. The van der Waals surface area contributed by atoms with Gasteiger partial charge in [0.2, 0.25) is 0 Å². The minimum absolute atomic E-state index is 0. The van der Waals surface area contributed by atoms with E-state index in [1.807, 2.05) is 97.1 Å². The van der Waals surface area contributed by atoms with Crippen molar-refractivity contribution < 1.29 is 21.1 Å². The van der Waals surface area contributed by atoms with E-state index in [9.17, 15) is 0 Å². The fraction of sp³-hybridized carbons (Fsp3) is 0. The Morgan fingerprint density at radius 1 is 0.225 bits per heavy atom. The van der Waals surface area contributed by atoms with E-state index < -0.39 is 0 Å². The summed E-state index contributed by atoms with van der Waals surface area (Å²) in [7, 11) is 0. The van der Waals surface area contributed by atoms with Gasteiger partial charge in [0, 0.05) is 62.4 Å². The number of halogens is 8. The van der Waals surface area contributed by atoms with E-state index >= 15 is 0 Å². The van der Waals surface area contributed by atoms with Gasteiger partial charge in [0.15, 0.2) is 0 Å². The summed E-state index contributed by atoms with van der Waals surface area (Å²) in [5.74, 6) is 0. The quantitative estimate of drug-likeness (QED) is 0.176. The van der Waals surface area contributed by atoms with E-state index in [2.05, 4.69) is 97.1 Å². The van der Waals surface area contributed by atoms with Crippen molar-refractivity contribution >= 4 is 180 Å². The van der Waals surface area contributed by atoms with Gasteiger partial charge < -0.3 is 9.97 Å². The zero-order chi connectivity index (χ0) is 59.4. The van der Waals surface area contributed by atoms with E-state index in [0.29, 0.717) is 130 Å². The van der Waals surface area contributed by atoms with E-state index in [4.69, 9.17) is 113 Å². The zero-order valence-corrected chi connectivity index (χ0v) is 54.2. The van der Waals surface area contributed by atoms with Crippen LogP contribution >= 0.6 is 92.8 Å². The normalized spacial score (nSPS) is 12.0. The first-order valence-electron chi connectivity index (χ1n) is 28.2. The topological polar surface area (TPSA) is 54.0 Å². The Kier molecular flexibility index (Phi) is 13.8. The summed E-state index contributed by atoms with van der Waals surface area (Å²) in [4.78, 5) is 24.2. The Balaban J connectivity index is 0.00000636. The molecule has 0 radical (unpaired) electrons. The Hall–Kier alpha value is -7.67. The van der Waals surface area contributed by atoms with Crippen molar-refractivity contribution in [2.75, 3.05) is 0 Å². The SMILES string of the molecule is Clc1cc(Cl)cc(-c2c3nc(c(-c4cc(Cl)cc(Cl)c4)c4[n-]c(c(-c5cc(Cl)cc(Cl)c5)c5nc(c(-c6cc(Cl)cc(Cl)c6)c6[n-]c2c2cc7ccccc7cc62)-c2cc6ccccc6cc2-5)c2cc5ccccc5cc42)-c2cc4ccccc4cc2-3)c1.[Pt+2]. The molecule has 8 bridgehead atoms. The molecule has 2 aliphatic heterocycles. The van der Waals surface area contributed by atoms with E-state index in [1.165, 1.54) is 0 Å². The Bertz CT molecular complexity index is 5050. The van der Waals surface area contributed by atoms with Gasteiger partial charge in [-0.3, -0.25) is 0 Å². The van der Waals surface area contributed by atoms with Crippen LogP contribution in [0.4, 0.5) is 0 Å². The summed E-state index contributed by atoms with van der Waals surface area (Å²) in [6.07, 6.45) is 0. The minimum atomic E-state index is 0. The van der Waals surface area contributed by atoms with Crippen LogP contribution in [0.25, 0.3) is 176 Å². The molecule has 0 unspecified atom stereocenters. The van der Waals surface area contributed by atoms with Crippen molar-refractivity contribution in [2.24, 2.45) is 0 Å². The van der Waals surface area contributed by atoms with Gasteiger partial charge in [-0.05, 0) is 230 Å². The predicted octanol–water partition coefficient (Wildman–Crippen LogP) is 25.1. The van der Waals surface area contributed by atoms with Crippen molar-refractivity contribution in [3.05, 3.63) is 259 Å². The summed E-state index contributed by atoms with van der Waals surface area (Å²) in [6.45, 7) is 0.